The van der Waals surface area contributed by atoms with Gasteiger partial charge in [-0.25, -0.2) is 0 Å². The van der Waals surface area contributed by atoms with E-state index in [1.54, 1.807) is 0 Å². The summed E-state index contributed by atoms with van der Waals surface area (Å²) in [7, 11) is 0. The average molecular weight is 663 g/mol. The van der Waals surface area contributed by atoms with Gasteiger partial charge in [-0.3, -0.25) is 0 Å². The Morgan fingerprint density at radius 2 is 0.788 bits per heavy atom. The van der Waals surface area contributed by atoms with Crippen LogP contribution in [0.15, 0.2) is 206 Å². The van der Waals surface area contributed by atoms with Crippen molar-refractivity contribution in [3.63, 3.8) is 0 Å². The van der Waals surface area contributed by atoms with E-state index in [0.29, 0.717) is 0 Å². The summed E-state index contributed by atoms with van der Waals surface area (Å²) in [6, 6.07) is 74.7. The maximum atomic E-state index is 2.37. The Hall–Kier alpha value is -6.90. The minimum atomic E-state index is 1.12. The molecule has 0 unspecified atom stereocenters. The maximum absolute atomic E-state index is 2.37. The van der Waals surface area contributed by atoms with Crippen molar-refractivity contribution >= 4 is 60.4 Å². The summed E-state index contributed by atoms with van der Waals surface area (Å²) >= 11 is 0. The lowest BCUT2D eigenvalue weighted by Crippen LogP contribution is -2.09. The van der Waals surface area contributed by atoms with Crippen molar-refractivity contribution in [3.05, 3.63) is 206 Å². The van der Waals surface area contributed by atoms with Gasteiger partial charge in [-0.2, -0.15) is 0 Å². The Balaban J connectivity index is 1.05. The van der Waals surface area contributed by atoms with Gasteiger partial charge in [0.2, 0.25) is 0 Å². The molecule has 244 valence electrons. The normalized spacial score (nSPS) is 11.5. The van der Waals surface area contributed by atoms with E-state index in [1.807, 2.05) is 0 Å². The summed E-state index contributed by atoms with van der Waals surface area (Å²) in [5.41, 5.74) is 11.8. The molecule has 0 saturated heterocycles. The molecule has 2 heteroatoms. The largest absolute Gasteiger partial charge is 0.310 e. The highest BCUT2D eigenvalue weighted by molar-refractivity contribution is 6.10. The lowest BCUT2D eigenvalue weighted by atomic mass is 9.99. The van der Waals surface area contributed by atoms with E-state index < -0.39 is 0 Å². The third kappa shape index (κ3) is 5.21. The van der Waals surface area contributed by atoms with Crippen LogP contribution in [0.1, 0.15) is 0 Å². The number of benzene rings is 9. The van der Waals surface area contributed by atoms with Crippen molar-refractivity contribution in [2.75, 3.05) is 4.90 Å². The Kier molecular flexibility index (Phi) is 7.18. The highest BCUT2D eigenvalue weighted by atomic mass is 15.1. The average Bonchev–Trinajstić information content (AvgIpc) is 3.55. The topological polar surface area (TPSA) is 8.17 Å². The second kappa shape index (κ2) is 12.5. The monoisotopic (exact) mass is 662 g/mol. The third-order valence-electron chi connectivity index (χ3n) is 10.3. The number of hydrogen-bond donors (Lipinski definition) is 0. The van der Waals surface area contributed by atoms with Crippen LogP contribution in [0.2, 0.25) is 0 Å². The van der Waals surface area contributed by atoms with Crippen LogP contribution in [0.5, 0.6) is 0 Å². The van der Waals surface area contributed by atoms with Gasteiger partial charge in [-0.1, -0.05) is 133 Å². The smallest absolute Gasteiger partial charge is 0.0541 e. The Morgan fingerprint density at radius 1 is 0.288 bits per heavy atom. The van der Waals surface area contributed by atoms with Crippen molar-refractivity contribution in [2.45, 2.75) is 0 Å². The first-order valence-corrected chi connectivity index (χ1v) is 17.8. The molecule has 0 amide bonds. The zero-order chi connectivity index (χ0) is 34.4. The van der Waals surface area contributed by atoms with Gasteiger partial charge in [-0.15, -0.1) is 0 Å². The van der Waals surface area contributed by atoms with Crippen molar-refractivity contribution in [1.82, 2.24) is 4.57 Å². The van der Waals surface area contributed by atoms with Crippen LogP contribution in [-0.4, -0.2) is 4.57 Å². The van der Waals surface area contributed by atoms with Crippen LogP contribution < -0.4 is 4.90 Å². The molecule has 2 nitrogen and oxygen atoms in total. The van der Waals surface area contributed by atoms with E-state index in [0.717, 1.165) is 17.1 Å². The summed E-state index contributed by atoms with van der Waals surface area (Å²) in [4.78, 5) is 2.37. The highest BCUT2D eigenvalue weighted by Crippen LogP contribution is 2.40. The lowest BCUT2D eigenvalue weighted by Gasteiger charge is -2.26. The molecule has 10 aromatic rings. The molecule has 0 aliphatic rings. The van der Waals surface area contributed by atoms with Gasteiger partial charge < -0.3 is 9.47 Å². The molecule has 0 radical (unpaired) electrons. The van der Waals surface area contributed by atoms with Gasteiger partial charge in [0.05, 0.1) is 11.0 Å². The van der Waals surface area contributed by atoms with E-state index in [9.17, 15) is 0 Å². The van der Waals surface area contributed by atoms with Crippen LogP contribution in [0.4, 0.5) is 17.1 Å². The van der Waals surface area contributed by atoms with Crippen LogP contribution >= 0.6 is 0 Å². The summed E-state index contributed by atoms with van der Waals surface area (Å²) < 4.78 is 2.37. The van der Waals surface area contributed by atoms with Crippen LogP contribution in [0, 0.1) is 0 Å². The Morgan fingerprint density at radius 3 is 1.58 bits per heavy atom. The van der Waals surface area contributed by atoms with Gasteiger partial charge in [0.15, 0.2) is 0 Å². The minimum absolute atomic E-state index is 1.12. The Bertz CT molecular complexity index is 2890. The fraction of sp³-hybridized carbons (Fsp3) is 0. The molecule has 10 rings (SSSR count). The fourth-order valence-corrected chi connectivity index (χ4v) is 7.76. The van der Waals surface area contributed by atoms with Crippen molar-refractivity contribution in [2.24, 2.45) is 0 Å². The number of aromatic nitrogens is 1. The van der Waals surface area contributed by atoms with E-state index in [-0.39, 0.29) is 0 Å². The maximum Gasteiger partial charge on any atom is 0.0541 e. The number of para-hydroxylation sites is 2. The molecule has 9 aromatic carbocycles. The predicted octanol–water partition coefficient (Wildman–Crippen LogP) is 13.9. The van der Waals surface area contributed by atoms with Gasteiger partial charge >= 0.3 is 0 Å². The van der Waals surface area contributed by atoms with Gasteiger partial charge in [0, 0.05) is 33.5 Å². The zero-order valence-corrected chi connectivity index (χ0v) is 28.5. The highest BCUT2D eigenvalue weighted by Gasteiger charge is 2.16. The van der Waals surface area contributed by atoms with E-state index in [4.69, 9.17) is 0 Å². The molecule has 0 atom stereocenters. The van der Waals surface area contributed by atoms with Gasteiger partial charge in [-0.05, 0) is 117 Å². The summed E-state index contributed by atoms with van der Waals surface area (Å²) in [6.45, 7) is 0. The molecule has 0 aliphatic carbocycles. The van der Waals surface area contributed by atoms with E-state index in [1.165, 1.54) is 71.3 Å². The minimum Gasteiger partial charge on any atom is -0.310 e. The van der Waals surface area contributed by atoms with Crippen LogP contribution in [0.3, 0.4) is 0 Å². The second-order valence-electron chi connectivity index (χ2n) is 13.4. The number of rotatable bonds is 6. The molecule has 0 aliphatic heterocycles. The van der Waals surface area contributed by atoms with Crippen molar-refractivity contribution in [3.8, 4) is 27.9 Å². The van der Waals surface area contributed by atoms with E-state index in [2.05, 4.69) is 216 Å². The SMILES string of the molecule is c1ccc(-c2ccc(N(c3ccc4ccccc4c3)c3ccc4cc(-c5ccc6c(c5)c5ccccc5n6-c5ccccc5)ccc4c3)cc2)cc1. The summed E-state index contributed by atoms with van der Waals surface area (Å²) in [5.74, 6) is 0. The molecule has 1 heterocycles. The molecule has 0 N–H and O–H groups in total. The van der Waals surface area contributed by atoms with Crippen LogP contribution in [-0.2, 0) is 0 Å². The van der Waals surface area contributed by atoms with Gasteiger partial charge in [0.1, 0.15) is 0 Å². The Labute approximate surface area is 303 Å². The lowest BCUT2D eigenvalue weighted by molar-refractivity contribution is 1.18. The number of nitrogens with zero attached hydrogens (tertiary/aromatic N) is 2. The molecule has 52 heavy (non-hydrogen) atoms. The quantitative estimate of drug-likeness (QED) is 0.172. The first kappa shape index (κ1) is 30.0. The zero-order valence-electron chi connectivity index (χ0n) is 28.5. The molecule has 0 saturated carbocycles. The number of fused-ring (bicyclic) bond motifs is 5. The van der Waals surface area contributed by atoms with Crippen LogP contribution in [0.25, 0.3) is 71.3 Å². The molecular formula is C50H34N2. The number of hydrogen-bond acceptors (Lipinski definition) is 1. The van der Waals surface area contributed by atoms with Crippen molar-refractivity contribution < 1.29 is 0 Å². The number of anilines is 3. The van der Waals surface area contributed by atoms with E-state index >= 15 is 0 Å². The molecular weight excluding hydrogens is 629 g/mol. The summed E-state index contributed by atoms with van der Waals surface area (Å²) in [6.07, 6.45) is 0. The molecule has 0 spiro atoms. The third-order valence-corrected chi connectivity index (χ3v) is 10.3. The molecule has 0 fully saturated rings. The first-order valence-electron chi connectivity index (χ1n) is 17.8. The second-order valence-corrected chi connectivity index (χ2v) is 13.4. The van der Waals surface area contributed by atoms with Gasteiger partial charge in [0.25, 0.3) is 0 Å². The van der Waals surface area contributed by atoms with Crippen molar-refractivity contribution in [1.29, 1.82) is 0 Å². The predicted molar refractivity (Wildman–Crippen MR) is 221 cm³/mol. The fourth-order valence-electron chi connectivity index (χ4n) is 7.76. The molecule has 0 bridgehead atoms. The molecule has 1 aromatic heterocycles. The standard InChI is InChI=1S/C50H34N2/c1-3-11-35(12-4-1)37-21-26-44(27-22-37)51(45-28-23-36-13-7-8-14-38(36)32-45)46-29-24-40-31-39(19-20-41(40)33-46)42-25-30-50-48(34-42)47-17-9-10-18-49(47)52(50)43-15-5-2-6-16-43/h1-34H. The first-order chi connectivity index (χ1) is 25.8. The summed E-state index contributed by atoms with van der Waals surface area (Å²) in [5, 5.41) is 7.40.